The van der Waals surface area contributed by atoms with Crippen LogP contribution in [0.3, 0.4) is 0 Å². The van der Waals surface area contributed by atoms with Crippen molar-refractivity contribution in [3.05, 3.63) is 0 Å². The van der Waals surface area contributed by atoms with Crippen molar-refractivity contribution in [1.29, 1.82) is 0 Å². The summed E-state index contributed by atoms with van der Waals surface area (Å²) >= 11 is 0. The number of nitrogens with one attached hydrogen (secondary N) is 1. The smallest absolute Gasteiger partial charge is 0.0664 e. The maximum atomic E-state index is 10.6. The second-order valence-electron chi connectivity index (χ2n) is 10.8. The van der Waals surface area contributed by atoms with E-state index in [1.165, 1.54) is 89.9 Å². The van der Waals surface area contributed by atoms with Gasteiger partial charge in [0.05, 0.1) is 12.2 Å². The van der Waals surface area contributed by atoms with Crippen molar-refractivity contribution >= 4 is 0 Å². The minimum absolute atomic E-state index is 0.225. The Balaban J connectivity index is 4.01. The van der Waals surface area contributed by atoms with Crippen LogP contribution in [0, 0.1) is 0 Å². The highest BCUT2D eigenvalue weighted by molar-refractivity contribution is 4.74. The summed E-state index contributed by atoms with van der Waals surface area (Å²) in [5.41, 5.74) is 5.65. The molecule has 34 heavy (non-hydrogen) atoms. The van der Waals surface area contributed by atoms with Crippen LogP contribution in [0.1, 0.15) is 162 Å². The highest BCUT2D eigenvalue weighted by atomic mass is 16.3. The predicted molar refractivity (Wildman–Crippen MR) is 150 cm³/mol. The van der Waals surface area contributed by atoms with E-state index in [-0.39, 0.29) is 12.2 Å². The van der Waals surface area contributed by atoms with Crippen molar-refractivity contribution in [2.75, 3.05) is 13.1 Å². The van der Waals surface area contributed by atoms with Crippen molar-refractivity contribution in [1.82, 2.24) is 5.32 Å². The number of rotatable bonds is 28. The van der Waals surface area contributed by atoms with Gasteiger partial charge in [-0.15, -0.1) is 0 Å². The molecule has 0 spiro atoms. The zero-order chi connectivity index (χ0) is 25.1. The van der Waals surface area contributed by atoms with Gasteiger partial charge in [0, 0.05) is 12.6 Å². The lowest BCUT2D eigenvalue weighted by molar-refractivity contribution is 0.120. The van der Waals surface area contributed by atoms with Crippen molar-refractivity contribution in [2.24, 2.45) is 5.73 Å². The van der Waals surface area contributed by atoms with Gasteiger partial charge in [0.25, 0.3) is 0 Å². The summed E-state index contributed by atoms with van der Waals surface area (Å²) < 4.78 is 0. The Kier molecular flexibility index (Phi) is 27.3. The molecule has 0 rings (SSSR count). The Morgan fingerprint density at radius 2 is 0.941 bits per heavy atom. The lowest BCUT2D eigenvalue weighted by Gasteiger charge is -2.23. The van der Waals surface area contributed by atoms with Crippen LogP contribution < -0.4 is 11.1 Å². The first kappa shape index (κ1) is 33.8. The van der Waals surface area contributed by atoms with Gasteiger partial charge in [-0.25, -0.2) is 0 Å². The summed E-state index contributed by atoms with van der Waals surface area (Å²) in [5.74, 6) is 0. The molecular weight excluding hydrogens is 420 g/mol. The average molecular weight is 485 g/mol. The molecule has 0 fully saturated rings. The second kappa shape index (κ2) is 27.4. The van der Waals surface area contributed by atoms with Crippen LogP contribution in [-0.2, 0) is 0 Å². The molecule has 0 radical (unpaired) electrons. The highest BCUT2D eigenvalue weighted by Crippen LogP contribution is 2.16. The van der Waals surface area contributed by atoms with Gasteiger partial charge < -0.3 is 21.3 Å². The van der Waals surface area contributed by atoms with Gasteiger partial charge in [-0.3, -0.25) is 0 Å². The quantitative estimate of drug-likeness (QED) is 0.0860. The fourth-order valence-corrected chi connectivity index (χ4v) is 4.89. The monoisotopic (exact) mass is 484 g/mol. The van der Waals surface area contributed by atoms with E-state index in [1.807, 2.05) is 0 Å². The summed E-state index contributed by atoms with van der Waals surface area (Å²) in [7, 11) is 0. The molecule has 206 valence electrons. The summed E-state index contributed by atoms with van der Waals surface area (Å²) in [6, 6.07) is 0.301. The average Bonchev–Trinajstić information content (AvgIpc) is 2.83. The zero-order valence-corrected chi connectivity index (χ0v) is 23.4. The molecule has 0 aromatic rings. The molecule has 0 bridgehead atoms. The SMILES string of the molecule is CCCCCCCCCCC(O)CNC(CCCCCN)CC(O)CCCCCCCCCC. The Morgan fingerprint density at radius 3 is 1.44 bits per heavy atom. The first-order valence-electron chi connectivity index (χ1n) is 15.4. The van der Waals surface area contributed by atoms with E-state index in [0.717, 1.165) is 64.3 Å². The molecule has 0 saturated heterocycles. The first-order valence-corrected chi connectivity index (χ1v) is 15.4. The molecule has 4 nitrogen and oxygen atoms in total. The Hall–Kier alpha value is -0.160. The van der Waals surface area contributed by atoms with Gasteiger partial charge in [-0.1, -0.05) is 129 Å². The van der Waals surface area contributed by atoms with Crippen LogP contribution in [0.4, 0.5) is 0 Å². The zero-order valence-electron chi connectivity index (χ0n) is 23.4. The molecule has 0 aliphatic rings. The largest absolute Gasteiger partial charge is 0.393 e. The normalized spacial score (nSPS) is 14.4. The van der Waals surface area contributed by atoms with Gasteiger partial charge in [0.1, 0.15) is 0 Å². The third kappa shape index (κ3) is 24.9. The highest BCUT2D eigenvalue weighted by Gasteiger charge is 2.15. The van der Waals surface area contributed by atoms with Gasteiger partial charge in [-0.2, -0.15) is 0 Å². The molecule has 0 aromatic heterocycles. The number of hydrogen-bond donors (Lipinski definition) is 4. The number of aliphatic hydroxyl groups is 2. The number of aliphatic hydroxyl groups excluding tert-OH is 2. The van der Waals surface area contributed by atoms with Crippen molar-refractivity contribution in [3.8, 4) is 0 Å². The van der Waals surface area contributed by atoms with E-state index in [9.17, 15) is 10.2 Å². The summed E-state index contributed by atoms with van der Waals surface area (Å²) in [6.45, 7) is 5.94. The standard InChI is InChI=1S/C30H64N2O2/c1-3-5-7-9-11-13-15-19-23-29(33)26-28(22-18-17-21-25-31)32-27-30(34)24-20-16-14-12-10-8-6-4-2/h28-30,32-34H,3-27,31H2,1-2H3. The van der Waals surface area contributed by atoms with E-state index in [4.69, 9.17) is 5.73 Å². The third-order valence-corrected chi connectivity index (χ3v) is 7.24. The fraction of sp³-hybridized carbons (Fsp3) is 1.00. The molecule has 4 heteroatoms. The van der Waals surface area contributed by atoms with E-state index in [0.29, 0.717) is 12.6 Å². The van der Waals surface area contributed by atoms with Crippen LogP contribution in [-0.4, -0.2) is 41.6 Å². The van der Waals surface area contributed by atoms with Crippen molar-refractivity contribution < 1.29 is 10.2 Å². The lowest BCUT2D eigenvalue weighted by Crippen LogP contribution is -2.38. The fourth-order valence-electron chi connectivity index (χ4n) is 4.89. The number of unbranched alkanes of at least 4 members (excludes halogenated alkanes) is 16. The van der Waals surface area contributed by atoms with E-state index in [1.54, 1.807) is 0 Å². The van der Waals surface area contributed by atoms with Crippen molar-refractivity contribution in [3.63, 3.8) is 0 Å². The third-order valence-electron chi connectivity index (χ3n) is 7.24. The van der Waals surface area contributed by atoms with Crippen LogP contribution >= 0.6 is 0 Å². The molecule has 0 aliphatic heterocycles. The maximum Gasteiger partial charge on any atom is 0.0664 e. The van der Waals surface area contributed by atoms with E-state index >= 15 is 0 Å². The lowest BCUT2D eigenvalue weighted by atomic mass is 9.98. The minimum atomic E-state index is -0.267. The molecule has 5 N–H and O–H groups in total. The topological polar surface area (TPSA) is 78.5 Å². The molecule has 3 atom stereocenters. The van der Waals surface area contributed by atoms with Gasteiger partial charge in [-0.05, 0) is 38.6 Å². The molecule has 0 aromatic carbocycles. The van der Waals surface area contributed by atoms with Crippen LogP contribution in [0.15, 0.2) is 0 Å². The molecular formula is C30H64N2O2. The van der Waals surface area contributed by atoms with Crippen molar-refractivity contribution in [2.45, 2.75) is 180 Å². The molecule has 0 amide bonds. The van der Waals surface area contributed by atoms with Gasteiger partial charge >= 0.3 is 0 Å². The predicted octanol–water partition coefficient (Wildman–Crippen LogP) is 7.64. The van der Waals surface area contributed by atoms with Crippen LogP contribution in [0.2, 0.25) is 0 Å². The van der Waals surface area contributed by atoms with Gasteiger partial charge in [0.2, 0.25) is 0 Å². The first-order chi connectivity index (χ1) is 16.6. The molecule has 0 saturated carbocycles. The Morgan fingerprint density at radius 1 is 0.529 bits per heavy atom. The second-order valence-corrected chi connectivity index (χ2v) is 10.8. The number of hydrogen-bond acceptors (Lipinski definition) is 4. The summed E-state index contributed by atoms with van der Waals surface area (Å²) in [5, 5.41) is 24.7. The Bertz CT molecular complexity index is 381. The molecule has 0 aliphatic carbocycles. The summed E-state index contributed by atoms with van der Waals surface area (Å²) in [4.78, 5) is 0. The Labute approximate surface area is 214 Å². The minimum Gasteiger partial charge on any atom is -0.393 e. The van der Waals surface area contributed by atoms with E-state index in [2.05, 4.69) is 19.2 Å². The number of nitrogens with two attached hydrogens (primary N) is 1. The maximum absolute atomic E-state index is 10.6. The van der Waals surface area contributed by atoms with Gasteiger partial charge in [0.15, 0.2) is 0 Å². The summed E-state index contributed by atoms with van der Waals surface area (Å²) in [6.07, 6.45) is 27.5. The van der Waals surface area contributed by atoms with E-state index < -0.39 is 0 Å². The van der Waals surface area contributed by atoms with Crippen LogP contribution in [0.25, 0.3) is 0 Å². The molecule has 0 heterocycles. The molecule has 3 unspecified atom stereocenters. The van der Waals surface area contributed by atoms with Crippen LogP contribution in [0.5, 0.6) is 0 Å².